The maximum absolute atomic E-state index is 11.6. The third kappa shape index (κ3) is 19.5. The van der Waals surface area contributed by atoms with E-state index in [0.29, 0.717) is 6.61 Å². The Kier molecular flexibility index (Phi) is 24.4. The van der Waals surface area contributed by atoms with Gasteiger partial charge in [-0.25, -0.2) is 0 Å². The normalized spacial score (nSPS) is 12.1. The van der Waals surface area contributed by atoms with Crippen molar-refractivity contribution in [2.45, 2.75) is 90.9 Å². The quantitative estimate of drug-likeness (QED) is 0.227. The van der Waals surface area contributed by atoms with Crippen molar-refractivity contribution in [2.24, 2.45) is 0 Å². The smallest absolute Gasteiger partial charge is 0.191 e. The fraction of sp³-hybridized carbons (Fsp3) is 1.00. The third-order valence-corrected chi connectivity index (χ3v) is 4.78. The van der Waals surface area contributed by atoms with Gasteiger partial charge < -0.3 is 4.52 Å². The molecule has 0 aliphatic carbocycles. The molecule has 0 aromatic carbocycles. The zero-order chi connectivity index (χ0) is 14.2. The van der Waals surface area contributed by atoms with Crippen LogP contribution in [0, 0.1) is 40.8 Å². The van der Waals surface area contributed by atoms with E-state index >= 15 is 0 Å². The van der Waals surface area contributed by atoms with Crippen molar-refractivity contribution < 1.29 is 49.9 Å². The molecule has 1 atom stereocenters. The summed E-state index contributed by atoms with van der Waals surface area (Å²) in [4.78, 5) is 0. The predicted octanol–water partition coefficient (Wildman–Crippen LogP) is 6.20. The van der Waals surface area contributed by atoms with Crippen LogP contribution in [-0.2, 0) is 9.09 Å². The Morgan fingerprint density at radius 3 is 1.70 bits per heavy atom. The average molecular weight is 435 g/mol. The van der Waals surface area contributed by atoms with Crippen LogP contribution in [0.2, 0.25) is 0 Å². The zero-order valence-corrected chi connectivity index (χ0v) is 17.9. The van der Waals surface area contributed by atoms with Gasteiger partial charge in [-0.1, -0.05) is 78.1 Å². The van der Waals surface area contributed by atoms with Crippen LogP contribution in [0.3, 0.4) is 0 Å². The molecule has 0 aliphatic heterocycles. The first-order valence-electron chi connectivity index (χ1n) is 8.46. The molecule has 0 saturated carbocycles. The van der Waals surface area contributed by atoms with Crippen LogP contribution in [0.1, 0.15) is 90.9 Å². The van der Waals surface area contributed by atoms with Crippen LogP contribution in [0.25, 0.3) is 0 Å². The molecule has 0 bridgehead atoms. The van der Waals surface area contributed by atoms with Gasteiger partial charge in [-0.15, -0.1) is 0 Å². The van der Waals surface area contributed by atoms with Crippen LogP contribution < -0.4 is 0 Å². The molecule has 0 aliphatic rings. The fourth-order valence-corrected chi connectivity index (χ4v) is 3.25. The molecule has 0 aromatic heterocycles. The molecular weight excluding hydrogens is 399 g/mol. The Morgan fingerprint density at radius 1 is 0.700 bits per heavy atom. The minimum Gasteiger partial charge on any atom is -0.330 e. The van der Waals surface area contributed by atoms with Crippen molar-refractivity contribution in [2.75, 3.05) is 12.8 Å². The number of hydrogen-bond acceptors (Lipinski definition) is 2. The Labute approximate surface area is 160 Å². The molecule has 0 heterocycles. The number of rotatable bonds is 15. The van der Waals surface area contributed by atoms with E-state index in [2.05, 4.69) is 13.8 Å². The predicted molar refractivity (Wildman–Crippen MR) is 86.6 cm³/mol. The second-order valence-electron chi connectivity index (χ2n) is 5.51. The van der Waals surface area contributed by atoms with Gasteiger partial charge in [0.05, 0.1) is 6.61 Å². The molecule has 0 radical (unpaired) electrons. The fourth-order valence-electron chi connectivity index (χ4n) is 2.19. The van der Waals surface area contributed by atoms with Gasteiger partial charge in [-0.2, -0.15) is 0 Å². The molecule has 0 fully saturated rings. The monoisotopic (exact) mass is 432 g/mol. The van der Waals surface area contributed by atoms with Crippen molar-refractivity contribution in [3.05, 3.63) is 0 Å². The van der Waals surface area contributed by atoms with Crippen molar-refractivity contribution >= 4 is 8.03 Å². The Hall–Kier alpha value is 1.54. The van der Waals surface area contributed by atoms with Crippen molar-refractivity contribution in [3.8, 4) is 0 Å². The Bertz CT molecular complexity index is 201. The molecule has 1 unspecified atom stereocenters. The summed E-state index contributed by atoms with van der Waals surface area (Å²) < 4.78 is 17.1. The zero-order valence-electron chi connectivity index (χ0n) is 13.7. The summed E-state index contributed by atoms with van der Waals surface area (Å²) in [5.74, 6) is 0. The molecule has 0 amide bonds. The molecule has 4 heteroatoms. The van der Waals surface area contributed by atoms with Crippen molar-refractivity contribution in [1.29, 1.82) is 0 Å². The summed E-state index contributed by atoms with van der Waals surface area (Å²) in [7, 11) is -1.73. The second-order valence-corrected chi connectivity index (χ2v) is 7.04. The van der Waals surface area contributed by atoms with Gasteiger partial charge in [0.1, 0.15) is 0 Å². The SMILES string of the molecule is CCCCCCCCO[PH](=O)CCCCCCCC.[Nd]. The van der Waals surface area contributed by atoms with Gasteiger partial charge >= 0.3 is 0 Å². The van der Waals surface area contributed by atoms with E-state index in [1.165, 1.54) is 64.2 Å². The molecule has 0 N–H and O–H groups in total. The summed E-state index contributed by atoms with van der Waals surface area (Å²) in [5.41, 5.74) is 0. The summed E-state index contributed by atoms with van der Waals surface area (Å²) in [5, 5.41) is 0. The standard InChI is InChI=1S/C16H35O2P.Nd/c1-3-5-7-9-11-13-15-18-19(17)16-14-12-10-8-6-4-2;/h19H,3-16H2,1-2H3;. The van der Waals surface area contributed by atoms with E-state index in [9.17, 15) is 4.57 Å². The first-order chi connectivity index (χ1) is 9.31. The van der Waals surface area contributed by atoms with E-state index in [4.69, 9.17) is 4.52 Å². The minimum atomic E-state index is -1.73. The van der Waals surface area contributed by atoms with Crippen LogP contribution in [0.15, 0.2) is 0 Å². The van der Waals surface area contributed by atoms with Gasteiger partial charge in [-0.05, 0) is 12.8 Å². The van der Waals surface area contributed by atoms with E-state index in [1.54, 1.807) is 0 Å². The van der Waals surface area contributed by atoms with E-state index in [0.717, 1.165) is 19.0 Å². The summed E-state index contributed by atoms with van der Waals surface area (Å²) >= 11 is 0. The van der Waals surface area contributed by atoms with Crippen LogP contribution in [0.4, 0.5) is 0 Å². The molecule has 120 valence electrons. The summed E-state index contributed by atoms with van der Waals surface area (Å²) in [6.45, 7) is 5.17. The number of hydrogen-bond donors (Lipinski definition) is 0. The topological polar surface area (TPSA) is 26.3 Å². The van der Waals surface area contributed by atoms with Crippen LogP contribution in [-0.4, -0.2) is 12.8 Å². The van der Waals surface area contributed by atoms with Gasteiger partial charge in [0.2, 0.25) is 0 Å². The van der Waals surface area contributed by atoms with Gasteiger partial charge in [0.25, 0.3) is 0 Å². The summed E-state index contributed by atoms with van der Waals surface area (Å²) in [6.07, 6.45) is 15.9. The number of unbranched alkanes of at least 4 members (excludes halogenated alkanes) is 10. The van der Waals surface area contributed by atoms with Crippen LogP contribution in [0.5, 0.6) is 0 Å². The van der Waals surface area contributed by atoms with Gasteiger partial charge in [0, 0.05) is 47.0 Å². The van der Waals surface area contributed by atoms with E-state index in [-0.39, 0.29) is 40.8 Å². The molecule has 0 rings (SSSR count). The maximum atomic E-state index is 11.6. The molecule has 0 spiro atoms. The summed E-state index contributed by atoms with van der Waals surface area (Å²) in [6, 6.07) is 0. The second kappa shape index (κ2) is 20.5. The Balaban J connectivity index is 0. The third-order valence-electron chi connectivity index (χ3n) is 3.50. The van der Waals surface area contributed by atoms with Crippen LogP contribution >= 0.6 is 8.03 Å². The maximum Gasteiger partial charge on any atom is 0.191 e. The van der Waals surface area contributed by atoms with Gasteiger partial charge in [-0.3, -0.25) is 4.57 Å². The average Bonchev–Trinajstić information content (AvgIpc) is 2.41. The molecular formula is C16H35NdO2P. The van der Waals surface area contributed by atoms with Crippen molar-refractivity contribution in [1.82, 2.24) is 0 Å². The van der Waals surface area contributed by atoms with E-state index < -0.39 is 8.03 Å². The molecule has 0 saturated heterocycles. The molecule has 2 nitrogen and oxygen atoms in total. The largest absolute Gasteiger partial charge is 0.330 e. The first kappa shape index (κ1) is 23.8. The van der Waals surface area contributed by atoms with Crippen molar-refractivity contribution in [3.63, 3.8) is 0 Å². The minimum absolute atomic E-state index is 0. The molecule has 0 aromatic rings. The molecule has 20 heavy (non-hydrogen) atoms. The Morgan fingerprint density at radius 2 is 1.15 bits per heavy atom. The first-order valence-corrected chi connectivity index (χ1v) is 9.99. The van der Waals surface area contributed by atoms with Gasteiger partial charge in [0.15, 0.2) is 8.03 Å². The van der Waals surface area contributed by atoms with E-state index in [1.807, 2.05) is 0 Å².